The summed E-state index contributed by atoms with van der Waals surface area (Å²) >= 11 is 0. The third-order valence-corrected chi connectivity index (χ3v) is 8.95. The predicted molar refractivity (Wildman–Crippen MR) is 192 cm³/mol. The lowest BCUT2D eigenvalue weighted by Gasteiger charge is -2.21. The van der Waals surface area contributed by atoms with Gasteiger partial charge in [0.25, 0.3) is 0 Å². The number of carbonyl (C=O) groups excluding carboxylic acids is 1. The van der Waals surface area contributed by atoms with E-state index >= 15 is 0 Å². The van der Waals surface area contributed by atoms with E-state index in [0.29, 0.717) is 19.6 Å². The Kier molecular flexibility index (Phi) is 37.2. The molecule has 1 N–H and O–H groups in total. The van der Waals surface area contributed by atoms with Crippen molar-refractivity contribution >= 4 is 5.97 Å². The quantitative estimate of drug-likeness (QED) is 0.0313. The van der Waals surface area contributed by atoms with Crippen LogP contribution in [0.4, 0.5) is 0 Å². The minimum atomic E-state index is -0.0223. The molecule has 0 aromatic rings. The molecule has 0 aliphatic heterocycles. The van der Waals surface area contributed by atoms with Crippen molar-refractivity contribution in [1.29, 1.82) is 0 Å². The number of carbonyl (C=O) groups is 1. The summed E-state index contributed by atoms with van der Waals surface area (Å²) in [4.78, 5) is 25.9. The number of esters is 1. The molecule has 0 radical (unpaired) electrons. The molecule has 0 fully saturated rings. The zero-order valence-corrected chi connectivity index (χ0v) is 30.6. The van der Waals surface area contributed by atoms with Gasteiger partial charge in [-0.3, -0.25) is 4.79 Å². The van der Waals surface area contributed by atoms with Crippen molar-refractivity contribution < 1.29 is 24.4 Å². The standard InChI is InChI=1S/C39H79NO5/c1-4-7-10-13-14-20-27-36-43-39(42)31-24-17-15-18-25-32-40(34-35-41)33-26-19-16-21-28-37-44-45-38(29-22-11-8-5-2)30-23-12-9-6-3/h38,41H,4-37H2,1-3H3. The minimum absolute atomic E-state index is 0.0223. The fraction of sp³-hybridized carbons (Fsp3) is 0.974. The molecule has 0 spiro atoms. The maximum absolute atomic E-state index is 11.9. The van der Waals surface area contributed by atoms with E-state index in [1.54, 1.807) is 0 Å². The van der Waals surface area contributed by atoms with Crippen LogP contribution in [0.15, 0.2) is 0 Å². The summed E-state index contributed by atoms with van der Waals surface area (Å²) in [6.07, 6.45) is 33.6. The number of ether oxygens (including phenoxy) is 1. The number of hydrogen-bond donors (Lipinski definition) is 1. The number of unbranched alkanes of at least 4 members (excludes halogenated alkanes) is 20. The summed E-state index contributed by atoms with van der Waals surface area (Å²) < 4.78 is 5.40. The third kappa shape index (κ3) is 34.5. The molecule has 0 aliphatic rings. The lowest BCUT2D eigenvalue weighted by molar-refractivity contribution is -0.327. The van der Waals surface area contributed by atoms with E-state index in [9.17, 15) is 9.90 Å². The van der Waals surface area contributed by atoms with Crippen molar-refractivity contribution in [3.05, 3.63) is 0 Å². The van der Waals surface area contributed by atoms with Crippen LogP contribution in [-0.4, -0.2) is 61.5 Å². The van der Waals surface area contributed by atoms with Gasteiger partial charge < -0.3 is 14.7 Å². The van der Waals surface area contributed by atoms with E-state index in [1.807, 2.05) is 0 Å². The van der Waals surface area contributed by atoms with Gasteiger partial charge in [-0.05, 0) is 58.0 Å². The highest BCUT2D eigenvalue weighted by Gasteiger charge is 2.10. The fourth-order valence-electron chi connectivity index (χ4n) is 5.94. The smallest absolute Gasteiger partial charge is 0.305 e. The molecule has 6 heteroatoms. The van der Waals surface area contributed by atoms with Gasteiger partial charge in [-0.15, -0.1) is 0 Å². The molecule has 6 nitrogen and oxygen atoms in total. The first-order valence-electron chi connectivity index (χ1n) is 19.9. The monoisotopic (exact) mass is 642 g/mol. The van der Waals surface area contributed by atoms with Crippen molar-refractivity contribution in [3.8, 4) is 0 Å². The SMILES string of the molecule is CCCCCCCCCOC(=O)CCCCCCCN(CCO)CCCCCCCOOC(CCCCCC)CCCCCC. The first kappa shape index (κ1) is 44.3. The van der Waals surface area contributed by atoms with Gasteiger partial charge in [-0.1, -0.05) is 149 Å². The van der Waals surface area contributed by atoms with Crippen LogP contribution in [0.5, 0.6) is 0 Å². The van der Waals surface area contributed by atoms with Gasteiger partial charge in [0, 0.05) is 13.0 Å². The van der Waals surface area contributed by atoms with Crippen molar-refractivity contribution in [2.24, 2.45) is 0 Å². The van der Waals surface area contributed by atoms with E-state index in [0.717, 1.165) is 64.6 Å². The summed E-state index contributed by atoms with van der Waals surface area (Å²) in [6.45, 7) is 11.2. The maximum atomic E-state index is 11.9. The third-order valence-electron chi connectivity index (χ3n) is 8.95. The van der Waals surface area contributed by atoms with E-state index in [-0.39, 0.29) is 18.7 Å². The lowest BCUT2D eigenvalue weighted by atomic mass is 10.0. The van der Waals surface area contributed by atoms with Crippen molar-refractivity contribution in [2.75, 3.05) is 39.5 Å². The van der Waals surface area contributed by atoms with Crippen LogP contribution >= 0.6 is 0 Å². The Bertz CT molecular complexity index is 564. The lowest BCUT2D eigenvalue weighted by Crippen LogP contribution is -2.29. The van der Waals surface area contributed by atoms with E-state index in [2.05, 4.69) is 25.7 Å². The van der Waals surface area contributed by atoms with E-state index in [4.69, 9.17) is 14.5 Å². The van der Waals surface area contributed by atoms with Gasteiger partial charge in [0.2, 0.25) is 0 Å². The van der Waals surface area contributed by atoms with Gasteiger partial charge in [-0.25, -0.2) is 9.78 Å². The molecule has 0 bridgehead atoms. The Labute approximate surface area is 281 Å². The molecule has 0 atom stereocenters. The Balaban J connectivity index is 3.72. The highest BCUT2D eigenvalue weighted by Crippen LogP contribution is 2.16. The largest absolute Gasteiger partial charge is 0.466 e. The molecular formula is C39H79NO5. The van der Waals surface area contributed by atoms with Crippen molar-refractivity contribution in [3.63, 3.8) is 0 Å². The molecular weight excluding hydrogens is 562 g/mol. The highest BCUT2D eigenvalue weighted by molar-refractivity contribution is 5.69. The molecule has 0 heterocycles. The molecule has 0 aromatic carbocycles. The highest BCUT2D eigenvalue weighted by atomic mass is 17.2. The number of aliphatic hydroxyl groups is 1. The molecule has 0 unspecified atom stereocenters. The van der Waals surface area contributed by atoms with Crippen LogP contribution < -0.4 is 0 Å². The maximum Gasteiger partial charge on any atom is 0.305 e. The van der Waals surface area contributed by atoms with Crippen LogP contribution in [0.1, 0.15) is 201 Å². The van der Waals surface area contributed by atoms with Crippen LogP contribution in [0.2, 0.25) is 0 Å². The summed E-state index contributed by atoms with van der Waals surface area (Å²) in [5.74, 6) is -0.0223. The first-order valence-corrected chi connectivity index (χ1v) is 19.9. The molecule has 45 heavy (non-hydrogen) atoms. The molecule has 0 aliphatic carbocycles. The number of nitrogens with zero attached hydrogens (tertiary/aromatic N) is 1. The molecule has 0 saturated heterocycles. The average molecular weight is 642 g/mol. The van der Waals surface area contributed by atoms with Crippen LogP contribution in [0.25, 0.3) is 0 Å². The van der Waals surface area contributed by atoms with Gasteiger partial charge in [0.1, 0.15) is 0 Å². The van der Waals surface area contributed by atoms with Crippen LogP contribution in [-0.2, 0) is 19.3 Å². The van der Waals surface area contributed by atoms with Crippen LogP contribution in [0.3, 0.4) is 0 Å². The van der Waals surface area contributed by atoms with Crippen molar-refractivity contribution in [1.82, 2.24) is 4.90 Å². The fourth-order valence-corrected chi connectivity index (χ4v) is 5.94. The predicted octanol–water partition coefficient (Wildman–Crippen LogP) is 11.1. The molecule has 0 aromatic heterocycles. The van der Waals surface area contributed by atoms with Gasteiger partial charge in [0.05, 0.1) is 25.9 Å². The summed E-state index contributed by atoms with van der Waals surface area (Å²) in [7, 11) is 0. The summed E-state index contributed by atoms with van der Waals surface area (Å²) in [5, 5.41) is 9.49. The second-order valence-corrected chi connectivity index (χ2v) is 13.4. The average Bonchev–Trinajstić information content (AvgIpc) is 3.04. The zero-order chi connectivity index (χ0) is 32.9. The van der Waals surface area contributed by atoms with Crippen LogP contribution in [0, 0.1) is 0 Å². The minimum Gasteiger partial charge on any atom is -0.466 e. The topological polar surface area (TPSA) is 68.2 Å². The summed E-state index contributed by atoms with van der Waals surface area (Å²) in [6, 6.07) is 0. The number of aliphatic hydroxyl groups excluding tert-OH is 1. The van der Waals surface area contributed by atoms with Gasteiger partial charge >= 0.3 is 5.97 Å². The Morgan fingerprint density at radius 1 is 0.533 bits per heavy atom. The Hall–Kier alpha value is -0.690. The molecule has 270 valence electrons. The van der Waals surface area contributed by atoms with E-state index < -0.39 is 0 Å². The molecule has 0 amide bonds. The normalized spacial score (nSPS) is 11.7. The first-order chi connectivity index (χ1) is 22.2. The zero-order valence-electron chi connectivity index (χ0n) is 30.6. The van der Waals surface area contributed by atoms with Gasteiger partial charge in [0.15, 0.2) is 0 Å². The second kappa shape index (κ2) is 37.8. The van der Waals surface area contributed by atoms with E-state index in [1.165, 1.54) is 128 Å². The molecule has 0 rings (SSSR count). The number of hydrogen-bond acceptors (Lipinski definition) is 6. The number of rotatable bonds is 38. The molecule has 0 saturated carbocycles. The summed E-state index contributed by atoms with van der Waals surface area (Å²) in [5.41, 5.74) is 0. The van der Waals surface area contributed by atoms with Gasteiger partial charge in [-0.2, -0.15) is 0 Å². The Morgan fingerprint density at radius 2 is 0.978 bits per heavy atom. The van der Waals surface area contributed by atoms with Crippen molar-refractivity contribution in [2.45, 2.75) is 207 Å². The second-order valence-electron chi connectivity index (χ2n) is 13.4. The Morgan fingerprint density at radius 3 is 1.51 bits per heavy atom.